The molecule has 0 radical (unpaired) electrons. The number of fused-ring (bicyclic) bond motifs is 1. The van der Waals surface area contributed by atoms with Gasteiger partial charge in [-0.25, -0.2) is 18.4 Å². The van der Waals surface area contributed by atoms with Crippen molar-refractivity contribution in [3.63, 3.8) is 0 Å². The zero-order chi connectivity index (χ0) is 31.2. The molecule has 5 rings (SSSR count). The Kier molecular flexibility index (Phi) is 15.3. The molecule has 2 aromatic heterocycles. The van der Waals surface area contributed by atoms with Gasteiger partial charge in [0.2, 0.25) is 0 Å². The van der Waals surface area contributed by atoms with E-state index in [-0.39, 0.29) is 101 Å². The van der Waals surface area contributed by atoms with Crippen molar-refractivity contribution in [1.29, 1.82) is 0 Å². The summed E-state index contributed by atoms with van der Waals surface area (Å²) in [5.41, 5.74) is -0.0418. The summed E-state index contributed by atoms with van der Waals surface area (Å²) in [6.45, 7) is 0.594. The van der Waals surface area contributed by atoms with Crippen LogP contribution in [0.3, 0.4) is 0 Å². The molecule has 24 heteroatoms. The Labute approximate surface area is 326 Å². The van der Waals surface area contributed by atoms with Gasteiger partial charge < -0.3 is 28.9 Å². The second kappa shape index (κ2) is 16.7. The van der Waals surface area contributed by atoms with E-state index >= 15 is 0 Å². The van der Waals surface area contributed by atoms with Crippen LogP contribution in [0.25, 0.3) is 22.0 Å². The molecule has 4 aromatic rings. The van der Waals surface area contributed by atoms with E-state index in [0.29, 0.717) is 11.3 Å². The molecule has 0 spiro atoms. The number of nitrogens with one attached hydrogen (secondary N) is 1. The summed E-state index contributed by atoms with van der Waals surface area (Å²) in [5, 5.41) is 9.93. The quantitative estimate of drug-likeness (QED) is 0.114. The first-order chi connectivity index (χ1) is 20.1. The first-order valence-electron chi connectivity index (χ1n) is 12.2. The van der Waals surface area contributed by atoms with Gasteiger partial charge in [-0.15, -0.1) is 5.10 Å². The van der Waals surface area contributed by atoms with E-state index in [1.165, 1.54) is 24.0 Å². The van der Waals surface area contributed by atoms with Gasteiger partial charge in [0.1, 0.15) is 12.3 Å². The minimum absolute atomic E-state index is 0. The van der Waals surface area contributed by atoms with Gasteiger partial charge in [-0.2, -0.15) is 0 Å². The van der Waals surface area contributed by atoms with Crippen LogP contribution in [0.5, 0.6) is 0 Å². The average Bonchev–Trinajstić information content (AvgIpc) is 3.54. The number of phosphoric ester groups is 1. The molecule has 3 heterocycles. The van der Waals surface area contributed by atoms with Gasteiger partial charge in [0.05, 0.1) is 32.4 Å². The Morgan fingerprint density at radius 3 is 2.41 bits per heavy atom. The molecule has 2 unspecified atom stereocenters. The van der Waals surface area contributed by atoms with E-state index in [9.17, 15) is 42.9 Å². The van der Waals surface area contributed by atoms with Crippen molar-refractivity contribution in [2.45, 2.75) is 31.7 Å². The number of aryl methyl sites for hydroxylation is 1. The predicted molar refractivity (Wildman–Crippen MR) is 140 cm³/mol. The molecule has 5 atom stereocenters. The fraction of sp³-hybridized carbons (Fsp3) is 0.273. The Hall–Kier alpha value is -0.110. The maximum Gasteiger partial charge on any atom is 1.00 e. The number of nitrogens with zero attached hydrogens (tertiary/aromatic N) is 4. The van der Waals surface area contributed by atoms with Gasteiger partial charge in [0.15, 0.2) is 0 Å². The summed E-state index contributed by atoms with van der Waals surface area (Å²) in [6.07, 6.45) is 0.398. The van der Waals surface area contributed by atoms with E-state index in [1.54, 1.807) is 0 Å². The topological polar surface area (TPSA) is 263 Å². The third-order valence-electron chi connectivity index (χ3n) is 6.42. The van der Waals surface area contributed by atoms with Gasteiger partial charge in [-0.3, -0.25) is 27.7 Å². The van der Waals surface area contributed by atoms with E-state index in [0.717, 1.165) is 15.3 Å². The summed E-state index contributed by atoms with van der Waals surface area (Å²) in [6, 6.07) is 12.1. The molecule has 1 fully saturated rings. The van der Waals surface area contributed by atoms with Crippen LogP contribution >= 0.6 is 23.5 Å². The molecule has 1 saturated heterocycles. The summed E-state index contributed by atoms with van der Waals surface area (Å²) in [7, 11) is -17.9. The van der Waals surface area contributed by atoms with Crippen LogP contribution in [0, 0.1) is 6.92 Å². The van der Waals surface area contributed by atoms with Crippen molar-refractivity contribution in [2.24, 2.45) is 0 Å². The number of phosphoric acid groups is 3. The summed E-state index contributed by atoms with van der Waals surface area (Å²) in [5.74, 6) is 0. The van der Waals surface area contributed by atoms with E-state index < -0.39 is 59.7 Å². The number of ether oxygens (including phenoxy) is 1. The molecule has 1 aliphatic heterocycles. The van der Waals surface area contributed by atoms with Crippen molar-refractivity contribution in [3.8, 4) is 11.3 Å². The largest absolute Gasteiger partial charge is 1.00 e. The molecule has 2 aromatic carbocycles. The maximum absolute atomic E-state index is 12.6. The van der Waals surface area contributed by atoms with Crippen molar-refractivity contribution < 1.29 is 140 Å². The fourth-order valence-electron chi connectivity index (χ4n) is 4.68. The Balaban J connectivity index is 0.00000245. The van der Waals surface area contributed by atoms with Gasteiger partial charge in [0, 0.05) is 23.7 Å². The van der Waals surface area contributed by atoms with Gasteiger partial charge in [0.25, 0.3) is 13.4 Å². The number of benzene rings is 2. The van der Waals surface area contributed by atoms with Crippen LogP contribution in [-0.2, 0) is 31.6 Å². The van der Waals surface area contributed by atoms with Crippen molar-refractivity contribution in [1.82, 2.24) is 24.5 Å². The zero-order valence-corrected chi connectivity index (χ0v) is 33.5. The molecule has 46 heavy (non-hydrogen) atoms. The third-order valence-corrected chi connectivity index (χ3v) is 10.1. The van der Waals surface area contributed by atoms with Crippen LogP contribution in [0.1, 0.15) is 24.3 Å². The van der Waals surface area contributed by atoms with Crippen molar-refractivity contribution >= 4 is 34.2 Å². The SMILES string of the molecule is Cc1cn([C@H]2C[C@H](n3nncc3-c3cccc4ccccc34)[C@@H](COP(=O)(O)OP(=O)([O-])OP(=O)([O-])[O-])O2)c(=O)[nH]c1=O.[Na+].[Na+].[Na+]. The fourth-order valence-corrected chi connectivity index (χ4v) is 7.58. The molecule has 0 saturated carbocycles. The number of aromatic amines is 1. The molecule has 2 N–H and O–H groups in total. The van der Waals surface area contributed by atoms with Gasteiger partial charge >= 0.3 is 102 Å². The Bertz CT molecular complexity index is 1950. The number of H-pyrrole nitrogens is 1. The molecule has 0 aliphatic carbocycles. The van der Waals surface area contributed by atoms with E-state index in [2.05, 4.69) is 23.9 Å². The third kappa shape index (κ3) is 10.2. The number of aromatic nitrogens is 5. The smallest absolute Gasteiger partial charge is 0.790 e. The molecular formula is C22H21N5Na3O13P3. The maximum atomic E-state index is 12.6. The summed E-state index contributed by atoms with van der Waals surface area (Å²) >= 11 is 0. The standard InChI is InChI=1S/C22H24N5O13P3.3Na/c1-13-11-26(22(29)24-21(13)28)20-9-17(19(38-20)12-37-42(33,34)40-43(35,36)39-41(30,31)32)27-18(10-23-25-27)16-8-4-6-14-5-2-3-7-15(14)16;;;/h2-8,10-11,17,19-20H,9,12H2,1H3,(H,33,34)(H,35,36)(H,24,28,29)(H2,30,31,32);;;/q;3*+1/p-3/t17-,19+,20+;;;/m0.../s1. The first kappa shape index (κ1) is 42.1. The second-order valence-corrected chi connectivity index (χ2v) is 13.6. The van der Waals surface area contributed by atoms with E-state index in [4.69, 9.17) is 9.26 Å². The van der Waals surface area contributed by atoms with Crippen LogP contribution in [0.2, 0.25) is 0 Å². The molecule has 1 aliphatic rings. The Morgan fingerprint density at radius 2 is 1.72 bits per heavy atom. The molecular weight excluding hydrogens is 704 g/mol. The van der Waals surface area contributed by atoms with Crippen LogP contribution < -0.4 is 115 Å². The van der Waals surface area contributed by atoms with Crippen LogP contribution in [0.15, 0.2) is 64.4 Å². The Morgan fingerprint density at radius 1 is 1.04 bits per heavy atom. The number of hydrogen-bond acceptors (Lipinski definition) is 14. The van der Waals surface area contributed by atoms with Crippen LogP contribution in [0.4, 0.5) is 0 Å². The minimum Gasteiger partial charge on any atom is -0.790 e. The predicted octanol–water partition coefficient (Wildman–Crippen LogP) is -8.76. The molecule has 230 valence electrons. The summed E-state index contributed by atoms with van der Waals surface area (Å²) < 4.78 is 54.9. The normalized spacial score (nSPS) is 20.5. The molecule has 0 bridgehead atoms. The van der Waals surface area contributed by atoms with E-state index in [1.807, 2.05) is 42.5 Å². The minimum atomic E-state index is -6.15. The van der Waals surface area contributed by atoms with Gasteiger partial charge in [-0.05, 0) is 17.7 Å². The summed E-state index contributed by atoms with van der Waals surface area (Å²) in [4.78, 5) is 69.5. The monoisotopic (exact) mass is 725 g/mol. The van der Waals surface area contributed by atoms with Crippen LogP contribution in [-0.4, -0.2) is 42.1 Å². The zero-order valence-electron chi connectivity index (χ0n) is 24.8. The van der Waals surface area contributed by atoms with Crippen molar-refractivity contribution in [3.05, 3.63) is 81.3 Å². The molecule has 0 amide bonds. The average molecular weight is 725 g/mol. The van der Waals surface area contributed by atoms with Gasteiger partial charge in [-0.1, -0.05) is 47.7 Å². The number of rotatable bonds is 10. The number of hydrogen-bond donors (Lipinski definition) is 2. The van der Waals surface area contributed by atoms with Crippen molar-refractivity contribution in [2.75, 3.05) is 6.61 Å². The second-order valence-electron chi connectivity index (χ2n) is 9.32. The molecule has 18 nitrogen and oxygen atoms in total. The first-order valence-corrected chi connectivity index (χ1v) is 16.6.